The van der Waals surface area contributed by atoms with Gasteiger partial charge in [0.1, 0.15) is 6.04 Å². The second-order valence-electron chi connectivity index (χ2n) is 9.09. The highest BCUT2D eigenvalue weighted by atomic mass is 16.5. The Hall–Kier alpha value is -4.77. The molecular weight excluding hydrogens is 504 g/mol. The first-order valence-corrected chi connectivity index (χ1v) is 12.3. The number of hydrazone groups is 1. The lowest BCUT2D eigenvalue weighted by molar-refractivity contribution is -0.143. The third kappa shape index (κ3) is 4.79. The number of benzene rings is 2. The van der Waals surface area contributed by atoms with Gasteiger partial charge in [-0.2, -0.15) is 10.1 Å². The molecule has 1 unspecified atom stereocenters. The summed E-state index contributed by atoms with van der Waals surface area (Å²) in [5.41, 5.74) is 1.82. The van der Waals surface area contributed by atoms with Gasteiger partial charge in [-0.25, -0.2) is 9.59 Å². The van der Waals surface area contributed by atoms with Crippen molar-refractivity contribution in [2.75, 3.05) is 38.4 Å². The van der Waals surface area contributed by atoms with E-state index < -0.39 is 29.8 Å². The zero-order chi connectivity index (χ0) is 27.7. The van der Waals surface area contributed by atoms with Crippen LogP contribution in [-0.4, -0.2) is 77.5 Å². The van der Waals surface area contributed by atoms with E-state index in [1.54, 1.807) is 28.7 Å². The molecule has 5 rings (SSSR count). The summed E-state index contributed by atoms with van der Waals surface area (Å²) in [6.07, 6.45) is 3.35. The second kappa shape index (κ2) is 10.5. The Balaban J connectivity index is 1.61. The summed E-state index contributed by atoms with van der Waals surface area (Å²) in [5, 5.41) is 15.5. The summed E-state index contributed by atoms with van der Waals surface area (Å²) in [6, 6.07) is 12.5. The predicted octanol–water partition coefficient (Wildman–Crippen LogP) is 2.72. The van der Waals surface area contributed by atoms with Crippen LogP contribution in [0.15, 0.2) is 65.4 Å². The van der Waals surface area contributed by atoms with Gasteiger partial charge < -0.3 is 24.0 Å². The lowest BCUT2D eigenvalue weighted by Crippen LogP contribution is -2.44. The maximum absolute atomic E-state index is 13.7. The van der Waals surface area contributed by atoms with Crippen LogP contribution in [-0.2, 0) is 23.9 Å². The molecule has 0 aliphatic carbocycles. The number of aromatic carboxylic acids is 1. The predicted molar refractivity (Wildman–Crippen MR) is 142 cm³/mol. The van der Waals surface area contributed by atoms with Crippen LogP contribution < -0.4 is 5.01 Å². The number of amides is 2. The minimum atomic E-state index is -1.10. The number of methoxy groups -OCH3 is 1. The van der Waals surface area contributed by atoms with Gasteiger partial charge in [-0.05, 0) is 43.3 Å². The maximum atomic E-state index is 13.7. The molecule has 2 aliphatic rings. The standard InChI is InChI=1S/C28H26N4O7/c1-17(28(37)38-2)31-16-19(21-5-3-4-6-23(21)31)15-22-24(26(34)30-11-13-39-14-12-30)29-32(25(22)33)20-9-7-18(8-10-20)27(35)36/h3-10,15-17H,11-14H2,1-2H3,(H,35,36). The SMILES string of the molecule is COC(=O)C(C)n1cc(C=C2C(=O)N(c3ccc(C(=O)O)cc3)N=C2C(=O)N2CCOCC2)c2ccccc21. The number of para-hydroxylation sites is 1. The first kappa shape index (κ1) is 25.9. The topological polar surface area (TPSA) is 131 Å². The number of nitrogens with zero attached hydrogens (tertiary/aromatic N) is 4. The third-order valence-electron chi connectivity index (χ3n) is 6.77. The smallest absolute Gasteiger partial charge is 0.335 e. The number of carboxylic acids is 1. The number of rotatable bonds is 6. The van der Waals surface area contributed by atoms with Crippen molar-refractivity contribution in [3.63, 3.8) is 0 Å². The molecule has 11 heteroatoms. The van der Waals surface area contributed by atoms with Crippen molar-refractivity contribution in [3.05, 3.63) is 71.4 Å². The molecule has 1 fully saturated rings. The summed E-state index contributed by atoms with van der Waals surface area (Å²) in [7, 11) is 1.32. The van der Waals surface area contributed by atoms with E-state index in [1.165, 1.54) is 31.4 Å². The molecule has 3 heterocycles. The number of morpholine rings is 1. The molecule has 1 N–H and O–H groups in total. The molecular formula is C28H26N4O7. The monoisotopic (exact) mass is 530 g/mol. The molecule has 1 aromatic heterocycles. The van der Waals surface area contributed by atoms with Crippen LogP contribution in [0.4, 0.5) is 5.69 Å². The summed E-state index contributed by atoms with van der Waals surface area (Å²) < 4.78 is 12.0. The van der Waals surface area contributed by atoms with Gasteiger partial charge >= 0.3 is 11.9 Å². The van der Waals surface area contributed by atoms with Crippen LogP contribution in [0.25, 0.3) is 17.0 Å². The Morgan fingerprint density at radius 1 is 1.08 bits per heavy atom. The maximum Gasteiger partial charge on any atom is 0.335 e. The molecule has 3 aromatic rings. The summed E-state index contributed by atoms with van der Waals surface area (Å²) in [5.74, 6) is -2.46. The van der Waals surface area contributed by atoms with Gasteiger partial charge in [-0.1, -0.05) is 18.2 Å². The van der Waals surface area contributed by atoms with Crippen molar-refractivity contribution in [1.29, 1.82) is 0 Å². The highest BCUT2D eigenvalue weighted by molar-refractivity contribution is 6.55. The van der Waals surface area contributed by atoms with E-state index in [2.05, 4.69) is 5.10 Å². The molecule has 39 heavy (non-hydrogen) atoms. The zero-order valence-electron chi connectivity index (χ0n) is 21.4. The molecule has 0 bridgehead atoms. The van der Waals surface area contributed by atoms with Crippen LogP contribution in [0.1, 0.15) is 28.9 Å². The quantitative estimate of drug-likeness (QED) is 0.383. The zero-order valence-corrected chi connectivity index (χ0v) is 21.4. The van der Waals surface area contributed by atoms with E-state index in [-0.39, 0.29) is 16.8 Å². The molecule has 2 aliphatic heterocycles. The van der Waals surface area contributed by atoms with Crippen molar-refractivity contribution in [2.24, 2.45) is 5.10 Å². The first-order valence-electron chi connectivity index (χ1n) is 12.3. The third-order valence-corrected chi connectivity index (χ3v) is 6.77. The number of anilines is 1. The van der Waals surface area contributed by atoms with E-state index in [0.29, 0.717) is 37.6 Å². The summed E-state index contributed by atoms with van der Waals surface area (Å²) in [6.45, 7) is 3.20. The number of carbonyl (C=O) groups is 4. The Morgan fingerprint density at radius 2 is 1.77 bits per heavy atom. The van der Waals surface area contributed by atoms with E-state index in [1.807, 2.05) is 24.3 Å². The van der Waals surface area contributed by atoms with Crippen LogP contribution >= 0.6 is 0 Å². The lowest BCUT2D eigenvalue weighted by atomic mass is 10.0. The average molecular weight is 531 g/mol. The Kier molecular flexibility index (Phi) is 6.99. The second-order valence-corrected chi connectivity index (χ2v) is 9.09. The van der Waals surface area contributed by atoms with Gasteiger partial charge in [0.05, 0.1) is 37.1 Å². The van der Waals surface area contributed by atoms with E-state index in [0.717, 1.165) is 15.9 Å². The van der Waals surface area contributed by atoms with E-state index in [4.69, 9.17) is 9.47 Å². The number of fused-ring (bicyclic) bond motifs is 1. The Morgan fingerprint density at radius 3 is 2.44 bits per heavy atom. The Labute approximate surface area is 223 Å². The van der Waals surface area contributed by atoms with Crippen LogP contribution in [0.5, 0.6) is 0 Å². The van der Waals surface area contributed by atoms with Gasteiger partial charge in [-0.15, -0.1) is 0 Å². The molecule has 1 saturated heterocycles. The van der Waals surface area contributed by atoms with Gasteiger partial charge in [0.15, 0.2) is 5.71 Å². The minimum absolute atomic E-state index is 0.0259. The number of aromatic nitrogens is 1. The molecule has 2 amide bonds. The number of ether oxygens (including phenoxy) is 2. The van der Waals surface area contributed by atoms with Crippen molar-refractivity contribution in [2.45, 2.75) is 13.0 Å². The fraction of sp³-hybridized carbons (Fsp3) is 0.250. The molecule has 0 spiro atoms. The number of carbonyl (C=O) groups excluding carboxylic acids is 3. The van der Waals surface area contributed by atoms with Crippen molar-refractivity contribution in [3.8, 4) is 0 Å². The van der Waals surface area contributed by atoms with Gasteiger partial charge in [0.2, 0.25) is 0 Å². The molecule has 0 saturated carbocycles. The fourth-order valence-corrected chi connectivity index (χ4v) is 4.65. The lowest BCUT2D eigenvalue weighted by Gasteiger charge is -2.26. The summed E-state index contributed by atoms with van der Waals surface area (Å²) >= 11 is 0. The van der Waals surface area contributed by atoms with Gasteiger partial charge in [-0.3, -0.25) is 9.59 Å². The molecule has 2 aromatic carbocycles. The number of esters is 1. The highest BCUT2D eigenvalue weighted by Crippen LogP contribution is 2.31. The Bertz CT molecular complexity index is 1530. The molecule has 1 atom stereocenters. The van der Waals surface area contributed by atoms with Crippen molar-refractivity contribution >= 4 is 52.1 Å². The minimum Gasteiger partial charge on any atom is -0.478 e. The first-order chi connectivity index (χ1) is 18.8. The number of hydrogen-bond acceptors (Lipinski definition) is 7. The van der Waals surface area contributed by atoms with Crippen molar-refractivity contribution < 1.29 is 33.8 Å². The fourth-order valence-electron chi connectivity index (χ4n) is 4.65. The number of hydrogen-bond donors (Lipinski definition) is 1. The number of carboxylic acid groups (broad SMARTS) is 1. The highest BCUT2D eigenvalue weighted by Gasteiger charge is 2.38. The van der Waals surface area contributed by atoms with E-state index >= 15 is 0 Å². The van der Waals surface area contributed by atoms with Crippen LogP contribution in [0, 0.1) is 0 Å². The average Bonchev–Trinajstić information content (AvgIpc) is 3.50. The molecule has 0 radical (unpaired) electrons. The van der Waals surface area contributed by atoms with Gasteiger partial charge in [0, 0.05) is 35.8 Å². The van der Waals surface area contributed by atoms with Crippen LogP contribution in [0.3, 0.4) is 0 Å². The summed E-state index contributed by atoms with van der Waals surface area (Å²) in [4.78, 5) is 52.4. The largest absolute Gasteiger partial charge is 0.478 e. The molecule has 11 nitrogen and oxygen atoms in total. The van der Waals surface area contributed by atoms with Crippen LogP contribution in [0.2, 0.25) is 0 Å². The van der Waals surface area contributed by atoms with E-state index in [9.17, 15) is 24.3 Å². The van der Waals surface area contributed by atoms with Gasteiger partial charge in [0.25, 0.3) is 11.8 Å². The molecule has 200 valence electrons. The normalized spacial score (nSPS) is 17.4. The van der Waals surface area contributed by atoms with Crippen molar-refractivity contribution in [1.82, 2.24) is 9.47 Å².